The summed E-state index contributed by atoms with van der Waals surface area (Å²) in [6, 6.07) is 12.4. The van der Waals surface area contributed by atoms with Gasteiger partial charge in [0.25, 0.3) is 0 Å². The van der Waals surface area contributed by atoms with Crippen LogP contribution in [0.25, 0.3) is 29.2 Å². The molecule has 0 radical (unpaired) electrons. The van der Waals surface area contributed by atoms with Gasteiger partial charge in [-0.1, -0.05) is 31.4 Å². The highest BCUT2D eigenvalue weighted by atomic mass is 32.1. The lowest BCUT2D eigenvalue weighted by Crippen LogP contribution is -2.27. The molecule has 2 aromatic rings. The molecule has 4 heteroatoms. The fourth-order valence-corrected chi connectivity index (χ4v) is 3.88. The summed E-state index contributed by atoms with van der Waals surface area (Å²) >= 11 is 1.61. The van der Waals surface area contributed by atoms with Gasteiger partial charge in [-0.3, -0.25) is 0 Å². The van der Waals surface area contributed by atoms with Gasteiger partial charge in [-0.15, -0.1) is 11.3 Å². The average molecular weight is 390 g/mol. The normalized spacial score (nSPS) is 12.7. The number of rotatable bonds is 7. The molecule has 28 heavy (non-hydrogen) atoms. The lowest BCUT2D eigenvalue weighted by Gasteiger charge is -2.21. The van der Waals surface area contributed by atoms with Gasteiger partial charge in [-0.05, 0) is 67.1 Å². The van der Waals surface area contributed by atoms with Gasteiger partial charge in [0.1, 0.15) is 6.07 Å². The Balaban J connectivity index is 2.38. The van der Waals surface area contributed by atoms with E-state index in [1.165, 1.54) is 5.70 Å². The molecule has 0 saturated heterocycles. The number of nitriles is 1. The molecular weight excluding hydrogens is 362 g/mol. The average Bonchev–Trinajstić information content (AvgIpc) is 3.15. The zero-order chi connectivity index (χ0) is 20.7. The van der Waals surface area contributed by atoms with Crippen LogP contribution in [0.5, 0.6) is 0 Å². The van der Waals surface area contributed by atoms with E-state index >= 15 is 0 Å². The van der Waals surface area contributed by atoms with Crippen LogP contribution in [-0.2, 0) is 0 Å². The summed E-state index contributed by atoms with van der Waals surface area (Å²) in [5.41, 5.74) is 8.64. The summed E-state index contributed by atoms with van der Waals surface area (Å²) in [4.78, 5) is 4.42. The summed E-state index contributed by atoms with van der Waals surface area (Å²) in [7, 11) is 0. The van der Waals surface area contributed by atoms with Crippen molar-refractivity contribution in [1.29, 1.82) is 5.26 Å². The second-order valence-corrected chi connectivity index (χ2v) is 7.46. The molecule has 144 valence electrons. The van der Waals surface area contributed by atoms with E-state index < -0.39 is 0 Å². The van der Waals surface area contributed by atoms with Crippen molar-refractivity contribution in [1.82, 2.24) is 4.90 Å². The Morgan fingerprint density at radius 2 is 1.96 bits per heavy atom. The van der Waals surface area contributed by atoms with Crippen LogP contribution in [0, 0.1) is 11.3 Å². The summed E-state index contributed by atoms with van der Waals surface area (Å²) in [6.45, 7) is 16.2. The zero-order valence-electron chi connectivity index (χ0n) is 16.8. The monoisotopic (exact) mass is 389 g/mol. The molecule has 0 atom stereocenters. The zero-order valence-corrected chi connectivity index (χ0v) is 17.6. The first-order valence-electron chi connectivity index (χ1n) is 9.32. The van der Waals surface area contributed by atoms with E-state index in [9.17, 15) is 0 Å². The molecule has 0 spiro atoms. The van der Waals surface area contributed by atoms with Crippen LogP contribution in [0.15, 0.2) is 60.0 Å². The van der Waals surface area contributed by atoms with Crippen LogP contribution < -0.4 is 16.2 Å². The Labute approximate surface area is 171 Å². The summed E-state index contributed by atoms with van der Waals surface area (Å²) < 4.78 is 0. The van der Waals surface area contributed by atoms with E-state index in [0.29, 0.717) is 5.57 Å². The number of allylic oxidation sites excluding steroid dienone is 3. The highest BCUT2D eigenvalue weighted by molar-refractivity contribution is 7.16. The van der Waals surface area contributed by atoms with Gasteiger partial charge in [0.15, 0.2) is 0 Å². The molecular formula is C24H27N3S. The van der Waals surface area contributed by atoms with E-state index in [-0.39, 0.29) is 5.70 Å². The van der Waals surface area contributed by atoms with Gasteiger partial charge in [0, 0.05) is 34.2 Å². The molecule has 1 aromatic carbocycles. The van der Waals surface area contributed by atoms with Crippen LogP contribution in [0.1, 0.15) is 25.6 Å². The summed E-state index contributed by atoms with van der Waals surface area (Å²) in [6.07, 6.45) is 6.09. The molecule has 0 unspecified atom stereocenters. The molecule has 1 heterocycles. The topological polar surface area (TPSA) is 53.1 Å². The molecule has 0 fully saturated rings. The molecule has 0 bridgehead atoms. The van der Waals surface area contributed by atoms with Crippen molar-refractivity contribution < 1.29 is 0 Å². The number of nitrogens with two attached hydrogens (primary N) is 1. The van der Waals surface area contributed by atoms with Crippen molar-refractivity contribution in [3.05, 3.63) is 75.3 Å². The number of hydrogen-bond acceptors (Lipinski definition) is 4. The first-order chi connectivity index (χ1) is 13.4. The van der Waals surface area contributed by atoms with Crippen molar-refractivity contribution in [3.63, 3.8) is 0 Å². The standard InChI is InChI=1S/C24H27N3S/c1-6-22(27(7-2)8-3)14-19-9-10-20(13-17(19)4)24-12-11-23(28-24)15-21(16-25)18(5)26/h6,9-15H,4-5,7-8,26H2,1-3H3/b19-14-,21-15+,22-6?. The fourth-order valence-electron chi connectivity index (χ4n) is 2.93. The Bertz CT molecular complexity index is 1060. The molecule has 3 nitrogen and oxygen atoms in total. The smallest absolute Gasteiger partial charge is 0.101 e. The Morgan fingerprint density at radius 1 is 1.25 bits per heavy atom. The highest BCUT2D eigenvalue weighted by Gasteiger charge is 2.05. The summed E-state index contributed by atoms with van der Waals surface area (Å²) in [5.74, 6) is 0. The number of thiophene rings is 1. The van der Waals surface area contributed by atoms with Gasteiger partial charge >= 0.3 is 0 Å². The van der Waals surface area contributed by atoms with E-state index in [2.05, 4.69) is 81.3 Å². The maximum Gasteiger partial charge on any atom is 0.101 e. The van der Waals surface area contributed by atoms with Crippen LogP contribution >= 0.6 is 11.3 Å². The predicted octanol–water partition coefficient (Wildman–Crippen LogP) is 4.23. The van der Waals surface area contributed by atoms with Gasteiger partial charge in [-0.25, -0.2) is 0 Å². The van der Waals surface area contributed by atoms with Gasteiger partial charge in [0.2, 0.25) is 0 Å². The van der Waals surface area contributed by atoms with E-state index in [1.54, 1.807) is 17.4 Å². The van der Waals surface area contributed by atoms with Gasteiger partial charge < -0.3 is 10.6 Å². The van der Waals surface area contributed by atoms with E-state index in [1.807, 2.05) is 6.07 Å². The summed E-state index contributed by atoms with van der Waals surface area (Å²) in [5, 5.41) is 11.2. The minimum Gasteiger partial charge on any atom is -0.398 e. The van der Waals surface area contributed by atoms with Crippen molar-refractivity contribution in [3.8, 4) is 16.5 Å². The number of nitrogens with zero attached hydrogens (tertiary/aromatic N) is 2. The van der Waals surface area contributed by atoms with Crippen molar-refractivity contribution in [2.24, 2.45) is 5.73 Å². The maximum atomic E-state index is 9.14. The van der Waals surface area contributed by atoms with Crippen molar-refractivity contribution >= 4 is 30.1 Å². The third kappa shape index (κ3) is 5.03. The molecule has 0 aliphatic rings. The third-order valence-electron chi connectivity index (χ3n) is 4.54. The Hall–Kier alpha value is -3.03. The minimum atomic E-state index is 0.283. The van der Waals surface area contributed by atoms with Crippen LogP contribution in [0.2, 0.25) is 0 Å². The quantitative estimate of drug-likeness (QED) is 0.569. The lowest BCUT2D eigenvalue weighted by molar-refractivity contribution is 0.399. The van der Waals surface area contributed by atoms with Crippen LogP contribution in [0.3, 0.4) is 0 Å². The largest absolute Gasteiger partial charge is 0.398 e. The molecule has 0 saturated carbocycles. The van der Waals surface area contributed by atoms with Crippen LogP contribution in [-0.4, -0.2) is 18.0 Å². The van der Waals surface area contributed by atoms with Crippen molar-refractivity contribution in [2.75, 3.05) is 13.1 Å². The predicted molar refractivity (Wildman–Crippen MR) is 123 cm³/mol. The first-order valence-corrected chi connectivity index (χ1v) is 10.1. The molecule has 1 aromatic heterocycles. The second kappa shape index (κ2) is 9.77. The molecule has 2 N–H and O–H groups in total. The molecule has 0 aliphatic heterocycles. The SMILES string of the molecule is C=C(N)/C(C#N)=C/c1ccc(-c2cc/c(=C/C(=CC)N(CC)CC)c(=C)c2)s1. The number of benzene rings is 1. The Kier molecular flexibility index (Phi) is 7.43. The lowest BCUT2D eigenvalue weighted by atomic mass is 10.1. The number of hydrogen-bond donors (Lipinski definition) is 1. The second-order valence-electron chi connectivity index (χ2n) is 6.34. The van der Waals surface area contributed by atoms with E-state index in [0.717, 1.165) is 38.8 Å². The van der Waals surface area contributed by atoms with Crippen LogP contribution in [0.4, 0.5) is 0 Å². The van der Waals surface area contributed by atoms with E-state index in [4.69, 9.17) is 11.0 Å². The minimum absolute atomic E-state index is 0.283. The maximum absolute atomic E-state index is 9.14. The van der Waals surface area contributed by atoms with Gasteiger partial charge in [-0.2, -0.15) is 5.26 Å². The Morgan fingerprint density at radius 3 is 2.50 bits per heavy atom. The van der Waals surface area contributed by atoms with Gasteiger partial charge in [0.05, 0.1) is 5.57 Å². The molecule has 0 aliphatic carbocycles. The third-order valence-corrected chi connectivity index (χ3v) is 5.62. The molecule has 0 amide bonds. The van der Waals surface area contributed by atoms with Crippen molar-refractivity contribution in [2.45, 2.75) is 20.8 Å². The molecule has 2 rings (SSSR count). The first kappa shape index (κ1) is 21.3. The fraction of sp³-hybridized carbons (Fsp3) is 0.208. The highest BCUT2D eigenvalue weighted by Crippen LogP contribution is 2.28.